The number of fused-ring (bicyclic) bond motifs is 5. The van der Waals surface area contributed by atoms with E-state index in [1.165, 1.54) is 0 Å². The van der Waals surface area contributed by atoms with Gasteiger partial charge in [0, 0.05) is 36.8 Å². The molecule has 8 heteroatoms. The topological polar surface area (TPSA) is 97.5 Å². The number of carbonyl (C=O) groups excluding carboxylic acids is 1. The highest BCUT2D eigenvalue weighted by molar-refractivity contribution is 5.92. The van der Waals surface area contributed by atoms with E-state index < -0.39 is 12.1 Å². The predicted octanol–water partition coefficient (Wildman–Crippen LogP) is 0.976. The molecule has 1 atom stereocenters. The molecule has 3 aromatic heterocycles. The van der Waals surface area contributed by atoms with Gasteiger partial charge < -0.3 is 19.3 Å². The molecule has 27 heavy (non-hydrogen) atoms. The number of hydrogen-bond acceptors (Lipinski definition) is 7. The van der Waals surface area contributed by atoms with E-state index in [0.29, 0.717) is 29.1 Å². The van der Waals surface area contributed by atoms with Crippen LogP contribution in [-0.2, 0) is 22.7 Å². The van der Waals surface area contributed by atoms with Gasteiger partial charge in [-0.05, 0) is 18.2 Å². The van der Waals surface area contributed by atoms with Crippen LogP contribution >= 0.6 is 0 Å². The number of aromatic nitrogens is 3. The van der Waals surface area contributed by atoms with Crippen LogP contribution in [0.5, 0.6) is 0 Å². The van der Waals surface area contributed by atoms with E-state index in [4.69, 9.17) is 9.72 Å². The summed E-state index contributed by atoms with van der Waals surface area (Å²) >= 11 is 0. The number of hydrogen-bond donors (Lipinski definition) is 1. The van der Waals surface area contributed by atoms with Crippen molar-refractivity contribution in [1.29, 1.82) is 0 Å². The first-order valence-corrected chi connectivity index (χ1v) is 8.53. The summed E-state index contributed by atoms with van der Waals surface area (Å²) in [5.74, 6) is 0.0676. The van der Waals surface area contributed by atoms with Crippen molar-refractivity contribution >= 4 is 22.7 Å². The summed E-state index contributed by atoms with van der Waals surface area (Å²) in [5.41, 5.74) is 3.32. The van der Waals surface area contributed by atoms with Crippen LogP contribution in [-0.4, -0.2) is 39.7 Å². The molecule has 0 bridgehead atoms. The Labute approximate surface area is 153 Å². The van der Waals surface area contributed by atoms with Crippen molar-refractivity contribution in [2.75, 3.05) is 19.0 Å². The van der Waals surface area contributed by atoms with E-state index in [9.17, 15) is 14.7 Å². The van der Waals surface area contributed by atoms with Crippen LogP contribution in [0.25, 0.3) is 22.3 Å². The van der Waals surface area contributed by atoms with Crippen molar-refractivity contribution in [2.24, 2.45) is 0 Å². The smallest absolute Gasteiger partial charge is 0.340 e. The van der Waals surface area contributed by atoms with Gasteiger partial charge in [-0.2, -0.15) is 0 Å². The van der Waals surface area contributed by atoms with Gasteiger partial charge in [0.25, 0.3) is 5.56 Å². The molecule has 0 spiro atoms. The monoisotopic (exact) mass is 364 g/mol. The van der Waals surface area contributed by atoms with Crippen LogP contribution in [0.3, 0.4) is 0 Å². The maximum Gasteiger partial charge on any atom is 0.340 e. The third-order valence-electron chi connectivity index (χ3n) is 5.11. The predicted molar refractivity (Wildman–Crippen MR) is 97.4 cm³/mol. The minimum atomic E-state index is -1.44. The lowest BCUT2D eigenvalue weighted by molar-refractivity contribution is -0.157. The standard InChI is InChI=1S/C19H16N4O4/c1-22(2)17-11-5-9-7-23-14(15(9)21-13(11)3-4-20-17)6-10-12(18(23)25)8-27-19(26)16(10)24/h3-6,16,24H,7-8H2,1-2H3/t16-/m0/s1. The Bertz CT molecular complexity index is 1200. The molecular formula is C19H16N4O4. The zero-order valence-corrected chi connectivity index (χ0v) is 14.8. The highest BCUT2D eigenvalue weighted by Crippen LogP contribution is 2.36. The largest absolute Gasteiger partial charge is 0.458 e. The SMILES string of the molecule is CN(C)c1nccc2nc3c(cc12)Cn1c-3cc2c(c1=O)COC(=O)[C@H]2O. The van der Waals surface area contributed by atoms with Crippen molar-refractivity contribution in [3.8, 4) is 11.4 Å². The molecule has 5 heterocycles. The zero-order valence-electron chi connectivity index (χ0n) is 14.8. The molecule has 1 N–H and O–H groups in total. The number of ether oxygens (including phenoxy) is 1. The first kappa shape index (κ1) is 16.0. The van der Waals surface area contributed by atoms with Gasteiger partial charge in [0.15, 0.2) is 6.10 Å². The lowest BCUT2D eigenvalue weighted by atomic mass is 10.0. The molecule has 2 aliphatic rings. The Hall–Kier alpha value is -3.26. The van der Waals surface area contributed by atoms with Crippen molar-refractivity contribution < 1.29 is 14.6 Å². The molecule has 3 aromatic rings. The normalized spacial score (nSPS) is 17.3. The summed E-state index contributed by atoms with van der Waals surface area (Å²) in [6.07, 6.45) is 0.257. The third kappa shape index (κ3) is 2.13. The Kier molecular flexibility index (Phi) is 3.17. The van der Waals surface area contributed by atoms with E-state index in [0.717, 1.165) is 22.3 Å². The summed E-state index contributed by atoms with van der Waals surface area (Å²) in [5, 5.41) is 11.1. The quantitative estimate of drug-likeness (QED) is 0.503. The second kappa shape index (κ2) is 5.37. The molecule has 0 aromatic carbocycles. The van der Waals surface area contributed by atoms with Crippen LogP contribution < -0.4 is 10.5 Å². The van der Waals surface area contributed by atoms with Crippen molar-refractivity contribution in [3.63, 3.8) is 0 Å². The summed E-state index contributed by atoms with van der Waals surface area (Å²) < 4.78 is 6.52. The maximum absolute atomic E-state index is 12.9. The van der Waals surface area contributed by atoms with Crippen LogP contribution in [0.4, 0.5) is 5.82 Å². The van der Waals surface area contributed by atoms with E-state index in [-0.39, 0.29) is 12.2 Å². The number of anilines is 1. The minimum absolute atomic E-state index is 0.120. The number of pyridine rings is 3. The molecule has 0 amide bonds. The Balaban J connectivity index is 1.77. The highest BCUT2D eigenvalue weighted by atomic mass is 16.5. The average molecular weight is 364 g/mol. The first-order valence-electron chi connectivity index (χ1n) is 8.53. The number of nitrogens with zero attached hydrogens (tertiary/aromatic N) is 4. The van der Waals surface area contributed by atoms with Gasteiger partial charge in [-0.15, -0.1) is 0 Å². The Morgan fingerprint density at radius 3 is 2.89 bits per heavy atom. The van der Waals surface area contributed by atoms with E-state index in [1.807, 2.05) is 31.1 Å². The lowest BCUT2D eigenvalue weighted by Crippen LogP contribution is -2.32. The van der Waals surface area contributed by atoms with Gasteiger partial charge in [0.05, 0.1) is 29.0 Å². The van der Waals surface area contributed by atoms with Crippen molar-refractivity contribution in [3.05, 3.63) is 51.4 Å². The summed E-state index contributed by atoms with van der Waals surface area (Å²) in [6.45, 7) is 0.260. The molecule has 136 valence electrons. The molecule has 0 fully saturated rings. The minimum Gasteiger partial charge on any atom is -0.458 e. The fourth-order valence-electron chi connectivity index (χ4n) is 3.79. The second-order valence-corrected chi connectivity index (χ2v) is 6.96. The summed E-state index contributed by atoms with van der Waals surface area (Å²) in [7, 11) is 3.83. The number of carbonyl (C=O) groups is 1. The van der Waals surface area contributed by atoms with Gasteiger partial charge in [0.1, 0.15) is 12.4 Å². The molecule has 8 nitrogen and oxygen atoms in total. The molecule has 5 rings (SSSR count). The zero-order chi connectivity index (χ0) is 18.9. The van der Waals surface area contributed by atoms with Gasteiger partial charge in [-0.25, -0.2) is 14.8 Å². The van der Waals surface area contributed by atoms with Gasteiger partial charge in [-0.1, -0.05) is 0 Å². The Morgan fingerprint density at radius 1 is 1.30 bits per heavy atom. The highest BCUT2D eigenvalue weighted by Gasteiger charge is 2.33. The number of aliphatic hydroxyl groups excluding tert-OH is 1. The lowest BCUT2D eigenvalue weighted by Gasteiger charge is -2.21. The molecule has 0 saturated heterocycles. The third-order valence-corrected chi connectivity index (χ3v) is 5.11. The maximum atomic E-state index is 12.9. The first-order chi connectivity index (χ1) is 13.0. The fourth-order valence-corrected chi connectivity index (χ4v) is 3.79. The molecule has 0 saturated carbocycles. The van der Waals surface area contributed by atoms with Crippen LogP contribution in [0.15, 0.2) is 29.2 Å². The van der Waals surface area contributed by atoms with Crippen molar-refractivity contribution in [1.82, 2.24) is 14.5 Å². The van der Waals surface area contributed by atoms with Crippen LogP contribution in [0.1, 0.15) is 22.8 Å². The molecule has 0 unspecified atom stereocenters. The average Bonchev–Trinajstić information content (AvgIpc) is 3.01. The summed E-state index contributed by atoms with van der Waals surface area (Å²) in [6, 6.07) is 5.51. The van der Waals surface area contributed by atoms with E-state index in [1.54, 1.807) is 16.8 Å². The van der Waals surface area contributed by atoms with Crippen LogP contribution in [0, 0.1) is 0 Å². The van der Waals surface area contributed by atoms with Gasteiger partial charge in [0.2, 0.25) is 0 Å². The summed E-state index contributed by atoms with van der Waals surface area (Å²) in [4.78, 5) is 35.7. The van der Waals surface area contributed by atoms with Crippen LogP contribution in [0.2, 0.25) is 0 Å². The number of cyclic esters (lactones) is 1. The van der Waals surface area contributed by atoms with Crippen molar-refractivity contribution in [2.45, 2.75) is 19.3 Å². The Morgan fingerprint density at radius 2 is 2.11 bits per heavy atom. The number of esters is 1. The number of aliphatic hydroxyl groups is 1. The number of rotatable bonds is 1. The second-order valence-electron chi connectivity index (χ2n) is 6.96. The van der Waals surface area contributed by atoms with Gasteiger partial charge in [-0.3, -0.25) is 4.79 Å². The molecule has 2 aliphatic heterocycles. The molecule has 0 radical (unpaired) electrons. The molecular weight excluding hydrogens is 348 g/mol. The molecule has 0 aliphatic carbocycles. The van der Waals surface area contributed by atoms with E-state index >= 15 is 0 Å². The van der Waals surface area contributed by atoms with Gasteiger partial charge >= 0.3 is 5.97 Å². The fraction of sp³-hybridized carbons (Fsp3) is 0.263. The van der Waals surface area contributed by atoms with E-state index in [2.05, 4.69) is 4.98 Å².